The Labute approximate surface area is 90.0 Å². The topological polar surface area (TPSA) is 26.3 Å². The minimum absolute atomic E-state index is 0.323. The standard InChI is InChI=1S/C9H8BrClO2/c1-13-9-7(4-11)2-6(5-12)3-8(9)10/h2-3,5H,4H2,1H3. The van der Waals surface area contributed by atoms with Crippen LogP contribution in [0.25, 0.3) is 0 Å². The number of benzene rings is 1. The summed E-state index contributed by atoms with van der Waals surface area (Å²) < 4.78 is 5.86. The third-order valence-electron chi connectivity index (χ3n) is 1.63. The second-order valence-corrected chi connectivity index (χ2v) is 3.57. The Morgan fingerprint density at radius 1 is 1.62 bits per heavy atom. The van der Waals surface area contributed by atoms with Crippen molar-refractivity contribution in [1.82, 2.24) is 0 Å². The lowest BCUT2D eigenvalue weighted by Crippen LogP contribution is -1.93. The molecule has 0 saturated heterocycles. The zero-order valence-corrected chi connectivity index (χ0v) is 9.35. The van der Waals surface area contributed by atoms with E-state index >= 15 is 0 Å². The number of alkyl halides is 1. The molecule has 1 rings (SSSR count). The molecule has 1 aromatic carbocycles. The normalized spacial score (nSPS) is 9.77. The van der Waals surface area contributed by atoms with Crippen LogP contribution in [0.4, 0.5) is 0 Å². The molecule has 0 amide bonds. The average molecular weight is 264 g/mol. The number of carbonyl (C=O) groups excluding carboxylic acids is 1. The van der Waals surface area contributed by atoms with Crippen LogP contribution in [0.2, 0.25) is 0 Å². The summed E-state index contributed by atoms with van der Waals surface area (Å²) in [4.78, 5) is 10.5. The van der Waals surface area contributed by atoms with E-state index in [0.29, 0.717) is 17.2 Å². The number of hydrogen-bond acceptors (Lipinski definition) is 2. The van der Waals surface area contributed by atoms with Gasteiger partial charge >= 0.3 is 0 Å². The van der Waals surface area contributed by atoms with Crippen molar-refractivity contribution in [2.24, 2.45) is 0 Å². The van der Waals surface area contributed by atoms with Crippen LogP contribution in [-0.2, 0) is 5.88 Å². The van der Waals surface area contributed by atoms with Crippen molar-refractivity contribution >= 4 is 33.8 Å². The summed E-state index contributed by atoms with van der Waals surface area (Å²) in [5, 5.41) is 0. The predicted molar refractivity (Wildman–Crippen MR) is 55.6 cm³/mol. The number of halogens is 2. The molecule has 1 aromatic rings. The molecule has 0 aliphatic carbocycles. The molecule has 0 spiro atoms. The first-order valence-electron chi connectivity index (χ1n) is 3.60. The van der Waals surface area contributed by atoms with Gasteiger partial charge in [0.1, 0.15) is 12.0 Å². The number of carbonyl (C=O) groups is 1. The summed E-state index contributed by atoms with van der Waals surface area (Å²) in [6.07, 6.45) is 0.778. The minimum atomic E-state index is 0.323. The zero-order valence-electron chi connectivity index (χ0n) is 7.01. The van der Waals surface area contributed by atoms with Gasteiger partial charge in [-0.2, -0.15) is 0 Å². The number of methoxy groups -OCH3 is 1. The third kappa shape index (κ3) is 2.23. The SMILES string of the molecule is COc1c(Br)cc(C=O)cc1CCl. The van der Waals surface area contributed by atoms with Gasteiger partial charge in [-0.25, -0.2) is 0 Å². The Morgan fingerprint density at radius 2 is 2.31 bits per heavy atom. The summed E-state index contributed by atoms with van der Waals surface area (Å²) in [6, 6.07) is 3.41. The molecule has 0 atom stereocenters. The molecule has 0 saturated carbocycles. The van der Waals surface area contributed by atoms with Crippen molar-refractivity contribution < 1.29 is 9.53 Å². The number of rotatable bonds is 3. The van der Waals surface area contributed by atoms with Crippen LogP contribution >= 0.6 is 27.5 Å². The fraction of sp³-hybridized carbons (Fsp3) is 0.222. The van der Waals surface area contributed by atoms with Gasteiger partial charge in [0, 0.05) is 11.1 Å². The first-order valence-corrected chi connectivity index (χ1v) is 4.93. The fourth-order valence-corrected chi connectivity index (χ4v) is 1.95. The van der Waals surface area contributed by atoms with Crippen molar-refractivity contribution in [3.05, 3.63) is 27.7 Å². The molecule has 0 N–H and O–H groups in total. The highest BCUT2D eigenvalue weighted by molar-refractivity contribution is 9.10. The van der Waals surface area contributed by atoms with Crippen LogP contribution in [-0.4, -0.2) is 13.4 Å². The summed E-state index contributed by atoms with van der Waals surface area (Å²) >= 11 is 8.99. The van der Waals surface area contributed by atoms with Crippen LogP contribution in [0.3, 0.4) is 0 Å². The number of hydrogen-bond donors (Lipinski definition) is 0. The first-order chi connectivity index (χ1) is 6.22. The number of ether oxygens (including phenoxy) is 1. The van der Waals surface area contributed by atoms with Gasteiger partial charge in [0.25, 0.3) is 0 Å². The van der Waals surface area contributed by atoms with E-state index in [4.69, 9.17) is 16.3 Å². The Morgan fingerprint density at radius 3 is 2.77 bits per heavy atom. The maximum absolute atomic E-state index is 10.5. The van der Waals surface area contributed by atoms with Gasteiger partial charge in [0.2, 0.25) is 0 Å². The number of aldehydes is 1. The van der Waals surface area contributed by atoms with Gasteiger partial charge in [0.15, 0.2) is 0 Å². The molecule has 2 nitrogen and oxygen atoms in total. The highest BCUT2D eigenvalue weighted by Crippen LogP contribution is 2.31. The van der Waals surface area contributed by atoms with E-state index in [-0.39, 0.29) is 0 Å². The monoisotopic (exact) mass is 262 g/mol. The molecule has 0 aliphatic heterocycles. The molecule has 0 heterocycles. The van der Waals surface area contributed by atoms with Gasteiger partial charge in [0.05, 0.1) is 17.5 Å². The van der Waals surface area contributed by atoms with Crippen molar-refractivity contribution in [3.63, 3.8) is 0 Å². The molecular weight excluding hydrogens is 255 g/mol. The van der Waals surface area contributed by atoms with E-state index in [2.05, 4.69) is 15.9 Å². The lowest BCUT2D eigenvalue weighted by atomic mass is 10.1. The maximum Gasteiger partial charge on any atom is 0.150 e. The van der Waals surface area contributed by atoms with Crippen LogP contribution in [0.1, 0.15) is 15.9 Å². The van der Waals surface area contributed by atoms with Gasteiger partial charge in [-0.05, 0) is 28.1 Å². The summed E-state index contributed by atoms with van der Waals surface area (Å²) in [5.41, 5.74) is 1.39. The minimum Gasteiger partial charge on any atom is -0.495 e. The van der Waals surface area contributed by atoms with Crippen molar-refractivity contribution in [2.75, 3.05) is 7.11 Å². The van der Waals surface area contributed by atoms with Crippen molar-refractivity contribution in [3.8, 4) is 5.75 Å². The molecule has 0 radical (unpaired) electrons. The average Bonchev–Trinajstić information content (AvgIpc) is 2.16. The first kappa shape index (κ1) is 10.5. The molecule has 0 aromatic heterocycles. The Kier molecular flexibility index (Phi) is 3.75. The van der Waals surface area contributed by atoms with E-state index < -0.39 is 0 Å². The molecule has 0 unspecified atom stereocenters. The van der Waals surface area contributed by atoms with Crippen molar-refractivity contribution in [1.29, 1.82) is 0 Å². The highest BCUT2D eigenvalue weighted by Gasteiger charge is 2.08. The zero-order chi connectivity index (χ0) is 9.84. The van der Waals surface area contributed by atoms with E-state index in [0.717, 1.165) is 16.3 Å². The van der Waals surface area contributed by atoms with Crippen LogP contribution < -0.4 is 4.74 Å². The molecular formula is C9H8BrClO2. The predicted octanol–water partition coefficient (Wildman–Crippen LogP) is 3.01. The smallest absolute Gasteiger partial charge is 0.150 e. The molecule has 0 aliphatic rings. The lowest BCUT2D eigenvalue weighted by molar-refractivity contribution is 0.112. The summed E-state index contributed by atoms with van der Waals surface area (Å²) in [5.74, 6) is 1.00. The van der Waals surface area contributed by atoms with Gasteiger partial charge in [-0.1, -0.05) is 0 Å². The van der Waals surface area contributed by atoms with E-state index in [1.165, 1.54) is 0 Å². The Hall–Kier alpha value is -0.540. The van der Waals surface area contributed by atoms with Gasteiger partial charge in [-0.3, -0.25) is 4.79 Å². The molecule has 0 bridgehead atoms. The van der Waals surface area contributed by atoms with Gasteiger partial charge in [-0.15, -0.1) is 11.6 Å². The quantitative estimate of drug-likeness (QED) is 0.619. The molecule has 4 heteroatoms. The van der Waals surface area contributed by atoms with Crippen molar-refractivity contribution in [2.45, 2.75) is 5.88 Å². The van der Waals surface area contributed by atoms with Gasteiger partial charge < -0.3 is 4.74 Å². The molecule has 70 valence electrons. The van der Waals surface area contributed by atoms with Crippen LogP contribution in [0.15, 0.2) is 16.6 Å². The molecule has 13 heavy (non-hydrogen) atoms. The Bertz CT molecular complexity index is 326. The maximum atomic E-state index is 10.5. The highest BCUT2D eigenvalue weighted by atomic mass is 79.9. The lowest BCUT2D eigenvalue weighted by Gasteiger charge is -2.08. The Balaban J connectivity index is 3.28. The van der Waals surface area contributed by atoms with E-state index in [1.54, 1.807) is 19.2 Å². The third-order valence-corrected chi connectivity index (χ3v) is 2.50. The second kappa shape index (κ2) is 4.63. The largest absolute Gasteiger partial charge is 0.495 e. The van der Waals surface area contributed by atoms with Crippen LogP contribution in [0, 0.1) is 0 Å². The molecule has 0 fully saturated rings. The van der Waals surface area contributed by atoms with E-state index in [9.17, 15) is 4.79 Å². The second-order valence-electron chi connectivity index (χ2n) is 2.45. The summed E-state index contributed by atoms with van der Waals surface area (Å²) in [7, 11) is 1.57. The van der Waals surface area contributed by atoms with E-state index in [1.807, 2.05) is 0 Å². The summed E-state index contributed by atoms with van der Waals surface area (Å²) in [6.45, 7) is 0. The fourth-order valence-electron chi connectivity index (χ4n) is 1.07. The van der Waals surface area contributed by atoms with Crippen LogP contribution in [0.5, 0.6) is 5.75 Å².